The summed E-state index contributed by atoms with van der Waals surface area (Å²) in [6, 6.07) is 13.6. The normalized spacial score (nSPS) is 13.3. The Morgan fingerprint density at radius 2 is 1.95 bits per heavy atom. The molecule has 3 aromatic rings. The summed E-state index contributed by atoms with van der Waals surface area (Å²) in [5.41, 5.74) is 3.02. The van der Waals surface area contributed by atoms with Crippen LogP contribution in [0.15, 0.2) is 48.7 Å². The summed E-state index contributed by atoms with van der Waals surface area (Å²) in [7, 11) is 0. The van der Waals surface area contributed by atoms with Crippen molar-refractivity contribution in [2.24, 2.45) is 0 Å². The lowest BCUT2D eigenvalue weighted by atomic mass is 9.97. The molecule has 0 spiro atoms. The van der Waals surface area contributed by atoms with Crippen molar-refractivity contribution in [2.75, 3.05) is 0 Å². The van der Waals surface area contributed by atoms with E-state index >= 15 is 0 Å². The van der Waals surface area contributed by atoms with Gasteiger partial charge in [-0.05, 0) is 0 Å². The Hall–Kier alpha value is -2.75. The SMILES string of the molecule is O=C1OCc2cccc(-c3nncc4ccccc34)c21. The quantitative estimate of drug-likeness (QED) is 0.633. The van der Waals surface area contributed by atoms with Crippen molar-refractivity contribution >= 4 is 16.7 Å². The Morgan fingerprint density at radius 1 is 1.05 bits per heavy atom. The minimum Gasteiger partial charge on any atom is -0.457 e. The second-order valence-electron chi connectivity index (χ2n) is 4.70. The van der Waals surface area contributed by atoms with Crippen LogP contribution < -0.4 is 0 Å². The summed E-state index contributed by atoms with van der Waals surface area (Å²) in [5, 5.41) is 10.3. The van der Waals surface area contributed by atoms with E-state index in [9.17, 15) is 4.79 Å². The molecule has 4 heteroatoms. The van der Waals surface area contributed by atoms with Crippen molar-refractivity contribution in [2.45, 2.75) is 6.61 Å². The maximum Gasteiger partial charge on any atom is 0.339 e. The summed E-state index contributed by atoms with van der Waals surface area (Å²) in [5.74, 6) is -0.287. The fourth-order valence-corrected chi connectivity index (χ4v) is 2.60. The van der Waals surface area contributed by atoms with Gasteiger partial charge in [-0.2, -0.15) is 5.10 Å². The molecular formula is C16H10N2O2. The Labute approximate surface area is 115 Å². The van der Waals surface area contributed by atoms with E-state index < -0.39 is 0 Å². The fourth-order valence-electron chi connectivity index (χ4n) is 2.60. The number of hydrogen-bond donors (Lipinski definition) is 0. The minimum absolute atomic E-state index is 0.287. The maximum absolute atomic E-state index is 11.9. The molecule has 96 valence electrons. The van der Waals surface area contributed by atoms with Crippen LogP contribution in [0.2, 0.25) is 0 Å². The Morgan fingerprint density at radius 3 is 2.90 bits per heavy atom. The average molecular weight is 262 g/mol. The second-order valence-corrected chi connectivity index (χ2v) is 4.70. The zero-order chi connectivity index (χ0) is 13.5. The Bertz CT molecular complexity index is 838. The summed E-state index contributed by atoms with van der Waals surface area (Å²) in [6.07, 6.45) is 1.72. The third-order valence-electron chi connectivity index (χ3n) is 3.54. The van der Waals surface area contributed by atoms with Crippen LogP contribution in [0.4, 0.5) is 0 Å². The van der Waals surface area contributed by atoms with Gasteiger partial charge in [-0.1, -0.05) is 42.5 Å². The van der Waals surface area contributed by atoms with E-state index in [2.05, 4.69) is 10.2 Å². The van der Waals surface area contributed by atoms with E-state index in [1.807, 2.05) is 42.5 Å². The third-order valence-corrected chi connectivity index (χ3v) is 3.54. The summed E-state index contributed by atoms with van der Waals surface area (Å²) >= 11 is 0. The first-order chi connectivity index (χ1) is 9.84. The molecule has 0 amide bonds. The highest BCUT2D eigenvalue weighted by Gasteiger charge is 2.26. The summed E-state index contributed by atoms with van der Waals surface area (Å²) in [6.45, 7) is 0.334. The van der Waals surface area contributed by atoms with E-state index in [-0.39, 0.29) is 5.97 Å². The van der Waals surface area contributed by atoms with Gasteiger partial charge in [0.2, 0.25) is 0 Å². The lowest BCUT2D eigenvalue weighted by Gasteiger charge is -2.07. The standard InChI is InChI=1S/C16H10N2O2/c19-16-14-11(9-20-16)5-3-7-13(14)15-12-6-2-1-4-10(12)8-17-18-15/h1-8H,9H2. The number of ether oxygens (including phenoxy) is 1. The van der Waals surface area contributed by atoms with Gasteiger partial charge in [-0.15, -0.1) is 5.10 Å². The van der Waals surface area contributed by atoms with Crippen molar-refractivity contribution in [3.05, 3.63) is 59.8 Å². The van der Waals surface area contributed by atoms with Crippen molar-refractivity contribution in [3.8, 4) is 11.3 Å². The largest absolute Gasteiger partial charge is 0.457 e. The molecule has 0 unspecified atom stereocenters. The number of cyclic esters (lactones) is 1. The molecule has 0 saturated carbocycles. The zero-order valence-electron chi connectivity index (χ0n) is 10.5. The number of rotatable bonds is 1. The van der Waals surface area contributed by atoms with Gasteiger partial charge in [0.25, 0.3) is 0 Å². The lowest BCUT2D eigenvalue weighted by molar-refractivity contribution is 0.0535. The molecule has 0 saturated heterocycles. The molecule has 1 aliphatic heterocycles. The number of benzene rings is 2. The van der Waals surface area contributed by atoms with Gasteiger partial charge in [0.15, 0.2) is 0 Å². The smallest absolute Gasteiger partial charge is 0.339 e. The minimum atomic E-state index is -0.287. The molecule has 4 nitrogen and oxygen atoms in total. The summed E-state index contributed by atoms with van der Waals surface area (Å²) < 4.78 is 5.11. The molecule has 0 radical (unpaired) electrons. The van der Waals surface area contributed by atoms with Gasteiger partial charge >= 0.3 is 5.97 Å². The first-order valence-corrected chi connectivity index (χ1v) is 6.34. The van der Waals surface area contributed by atoms with Gasteiger partial charge in [-0.25, -0.2) is 4.79 Å². The van der Waals surface area contributed by atoms with Gasteiger partial charge < -0.3 is 4.74 Å². The van der Waals surface area contributed by atoms with Crippen LogP contribution in [0, 0.1) is 0 Å². The molecule has 1 aliphatic rings. The predicted octanol–water partition coefficient (Wildman–Crippen LogP) is 2.97. The molecule has 0 aliphatic carbocycles. The second kappa shape index (κ2) is 4.13. The lowest BCUT2D eigenvalue weighted by Crippen LogP contribution is -1.99. The van der Waals surface area contributed by atoms with Crippen molar-refractivity contribution in [3.63, 3.8) is 0 Å². The topological polar surface area (TPSA) is 52.1 Å². The van der Waals surface area contributed by atoms with E-state index in [1.54, 1.807) is 6.20 Å². The fraction of sp³-hybridized carbons (Fsp3) is 0.0625. The predicted molar refractivity (Wildman–Crippen MR) is 74.1 cm³/mol. The highest BCUT2D eigenvalue weighted by molar-refractivity contribution is 6.04. The monoisotopic (exact) mass is 262 g/mol. The van der Waals surface area contributed by atoms with Crippen LogP contribution in [-0.2, 0) is 11.3 Å². The molecule has 0 atom stereocenters. The molecule has 2 aromatic carbocycles. The van der Waals surface area contributed by atoms with Gasteiger partial charge in [0.05, 0.1) is 11.8 Å². The van der Waals surface area contributed by atoms with E-state index in [0.29, 0.717) is 12.2 Å². The first-order valence-electron chi connectivity index (χ1n) is 6.34. The number of esters is 1. The molecule has 20 heavy (non-hydrogen) atoms. The zero-order valence-corrected chi connectivity index (χ0v) is 10.5. The number of fused-ring (bicyclic) bond motifs is 2. The third kappa shape index (κ3) is 1.51. The molecule has 0 N–H and O–H groups in total. The Balaban J connectivity index is 2.06. The van der Waals surface area contributed by atoms with Gasteiger partial charge in [0.1, 0.15) is 12.3 Å². The van der Waals surface area contributed by atoms with Crippen LogP contribution in [0.3, 0.4) is 0 Å². The molecule has 0 bridgehead atoms. The molecule has 4 rings (SSSR count). The van der Waals surface area contributed by atoms with Gasteiger partial charge in [-0.3, -0.25) is 0 Å². The van der Waals surface area contributed by atoms with Crippen molar-refractivity contribution in [1.29, 1.82) is 0 Å². The van der Waals surface area contributed by atoms with E-state index in [1.165, 1.54) is 0 Å². The van der Waals surface area contributed by atoms with Crippen LogP contribution >= 0.6 is 0 Å². The summed E-state index contributed by atoms with van der Waals surface area (Å²) in [4.78, 5) is 11.9. The van der Waals surface area contributed by atoms with Gasteiger partial charge in [0, 0.05) is 21.9 Å². The number of hydrogen-bond acceptors (Lipinski definition) is 4. The number of carbonyl (C=O) groups excluding carboxylic acids is 1. The maximum atomic E-state index is 11.9. The highest BCUT2D eigenvalue weighted by atomic mass is 16.5. The number of aromatic nitrogens is 2. The molecule has 1 aromatic heterocycles. The van der Waals surface area contributed by atoms with Crippen LogP contribution in [0.5, 0.6) is 0 Å². The molecule has 0 fully saturated rings. The van der Waals surface area contributed by atoms with Crippen molar-refractivity contribution < 1.29 is 9.53 Å². The first kappa shape index (κ1) is 11.1. The highest BCUT2D eigenvalue weighted by Crippen LogP contribution is 2.33. The molecular weight excluding hydrogens is 252 g/mol. The van der Waals surface area contributed by atoms with E-state index in [4.69, 9.17) is 4.74 Å². The van der Waals surface area contributed by atoms with E-state index in [0.717, 1.165) is 27.6 Å². The number of nitrogens with zero attached hydrogens (tertiary/aromatic N) is 2. The Kier molecular flexibility index (Phi) is 2.29. The average Bonchev–Trinajstić information content (AvgIpc) is 2.88. The molecule has 2 heterocycles. The van der Waals surface area contributed by atoms with Crippen LogP contribution in [0.1, 0.15) is 15.9 Å². The number of carbonyl (C=O) groups is 1. The van der Waals surface area contributed by atoms with Crippen molar-refractivity contribution in [1.82, 2.24) is 10.2 Å². The van der Waals surface area contributed by atoms with Crippen LogP contribution in [-0.4, -0.2) is 16.2 Å². The van der Waals surface area contributed by atoms with Crippen LogP contribution in [0.25, 0.3) is 22.0 Å².